The van der Waals surface area contributed by atoms with Gasteiger partial charge in [-0.05, 0) is 11.6 Å². The van der Waals surface area contributed by atoms with Gasteiger partial charge in [-0.3, -0.25) is 0 Å². The highest BCUT2D eigenvalue weighted by atomic mass is 35.5. The molecule has 0 aliphatic carbocycles. The summed E-state index contributed by atoms with van der Waals surface area (Å²) in [7, 11) is 2.91. The molecular formula is C7H7Cl3N2O2. The van der Waals surface area contributed by atoms with Crippen molar-refractivity contribution in [2.24, 2.45) is 0 Å². The van der Waals surface area contributed by atoms with E-state index in [0.29, 0.717) is 5.56 Å². The fourth-order valence-corrected chi connectivity index (χ4v) is 1.74. The normalized spacial score (nSPS) is 11.0. The van der Waals surface area contributed by atoms with Gasteiger partial charge in [0, 0.05) is 14.2 Å². The third kappa shape index (κ3) is 2.46. The van der Waals surface area contributed by atoms with Crippen LogP contribution in [0.15, 0.2) is 0 Å². The minimum Gasteiger partial charge on any atom is -0.351 e. The zero-order valence-corrected chi connectivity index (χ0v) is 9.69. The van der Waals surface area contributed by atoms with Gasteiger partial charge in [0.2, 0.25) is 5.28 Å². The summed E-state index contributed by atoms with van der Waals surface area (Å²) in [5, 5.41) is 0.210. The molecule has 1 rings (SSSR count). The highest BCUT2D eigenvalue weighted by molar-refractivity contribution is 6.36. The van der Waals surface area contributed by atoms with Crippen molar-refractivity contribution in [3.63, 3.8) is 0 Å². The number of hydrogen-bond donors (Lipinski definition) is 0. The van der Waals surface area contributed by atoms with Crippen molar-refractivity contribution < 1.29 is 9.47 Å². The monoisotopic (exact) mass is 256 g/mol. The molecule has 78 valence electrons. The predicted molar refractivity (Wildman–Crippen MR) is 53.8 cm³/mol. The van der Waals surface area contributed by atoms with Gasteiger partial charge in [-0.25, -0.2) is 9.97 Å². The van der Waals surface area contributed by atoms with Gasteiger partial charge in [0.25, 0.3) is 0 Å². The summed E-state index contributed by atoms with van der Waals surface area (Å²) < 4.78 is 9.95. The van der Waals surface area contributed by atoms with Crippen LogP contribution < -0.4 is 0 Å². The quantitative estimate of drug-likeness (QED) is 0.474. The summed E-state index contributed by atoms with van der Waals surface area (Å²) in [5.41, 5.74) is 0.364. The van der Waals surface area contributed by atoms with Gasteiger partial charge in [-0.15, -0.1) is 0 Å². The van der Waals surface area contributed by atoms with Crippen LogP contribution in [0.4, 0.5) is 0 Å². The molecule has 7 heteroatoms. The Labute approximate surface area is 96.1 Å². The molecular weight excluding hydrogens is 250 g/mol. The molecule has 0 unspecified atom stereocenters. The number of nitrogens with zero attached hydrogens (tertiary/aromatic N) is 2. The van der Waals surface area contributed by atoms with Gasteiger partial charge >= 0.3 is 0 Å². The van der Waals surface area contributed by atoms with E-state index in [1.807, 2.05) is 0 Å². The van der Waals surface area contributed by atoms with Gasteiger partial charge < -0.3 is 9.47 Å². The zero-order valence-electron chi connectivity index (χ0n) is 7.42. The first-order valence-electron chi connectivity index (χ1n) is 3.54. The average Bonchev–Trinajstić information content (AvgIpc) is 2.10. The van der Waals surface area contributed by atoms with Crippen LogP contribution in [0.3, 0.4) is 0 Å². The molecule has 14 heavy (non-hydrogen) atoms. The number of halogens is 3. The third-order valence-electron chi connectivity index (χ3n) is 1.49. The maximum Gasteiger partial charge on any atom is 0.225 e. The van der Waals surface area contributed by atoms with Crippen LogP contribution in [-0.4, -0.2) is 24.2 Å². The Kier molecular flexibility index (Phi) is 4.34. The number of aromatic nitrogens is 2. The molecule has 0 atom stereocenters. The predicted octanol–water partition coefficient (Wildman–Crippen LogP) is 2.73. The maximum atomic E-state index is 5.81. The molecule has 0 saturated carbocycles. The van der Waals surface area contributed by atoms with Crippen LogP contribution in [0, 0.1) is 0 Å². The van der Waals surface area contributed by atoms with Crippen molar-refractivity contribution in [3.05, 3.63) is 21.2 Å². The van der Waals surface area contributed by atoms with E-state index in [0.717, 1.165) is 0 Å². The van der Waals surface area contributed by atoms with E-state index in [4.69, 9.17) is 44.3 Å². The molecule has 1 aromatic heterocycles. The summed E-state index contributed by atoms with van der Waals surface area (Å²) in [6.45, 7) is 0. The van der Waals surface area contributed by atoms with E-state index in [9.17, 15) is 0 Å². The van der Waals surface area contributed by atoms with Crippen LogP contribution >= 0.6 is 34.8 Å². The fourth-order valence-electron chi connectivity index (χ4n) is 0.919. The van der Waals surface area contributed by atoms with E-state index in [2.05, 4.69) is 9.97 Å². The van der Waals surface area contributed by atoms with E-state index < -0.39 is 6.29 Å². The van der Waals surface area contributed by atoms with E-state index in [1.54, 1.807) is 0 Å². The Morgan fingerprint density at radius 1 is 1.00 bits per heavy atom. The van der Waals surface area contributed by atoms with Crippen LogP contribution in [0.1, 0.15) is 11.9 Å². The first-order chi connectivity index (χ1) is 6.60. The molecule has 0 spiro atoms. The molecule has 0 saturated heterocycles. The lowest BCUT2D eigenvalue weighted by Crippen LogP contribution is -2.07. The maximum absolute atomic E-state index is 5.81. The Hall–Kier alpha value is -0.130. The molecule has 0 radical (unpaired) electrons. The van der Waals surface area contributed by atoms with Gasteiger partial charge in [0.05, 0.1) is 5.56 Å². The van der Waals surface area contributed by atoms with Crippen molar-refractivity contribution in [1.82, 2.24) is 9.97 Å². The smallest absolute Gasteiger partial charge is 0.225 e. The molecule has 0 bridgehead atoms. The lowest BCUT2D eigenvalue weighted by atomic mass is 10.3. The van der Waals surface area contributed by atoms with Crippen molar-refractivity contribution in [3.8, 4) is 0 Å². The molecule has 0 aliphatic heterocycles. The second kappa shape index (κ2) is 5.09. The average molecular weight is 258 g/mol. The van der Waals surface area contributed by atoms with Crippen LogP contribution in [0.2, 0.25) is 15.6 Å². The van der Waals surface area contributed by atoms with Gasteiger partial charge in [-0.1, -0.05) is 23.2 Å². The fraction of sp³-hybridized carbons (Fsp3) is 0.429. The first kappa shape index (κ1) is 11.9. The molecule has 0 N–H and O–H groups in total. The standard InChI is InChI=1S/C7H7Cl3N2O2/c1-13-6(14-2)3-4(8)11-7(10)12-5(3)9/h6H,1-2H3. The minimum atomic E-state index is -0.702. The molecule has 0 aliphatic rings. The second-order valence-electron chi connectivity index (χ2n) is 2.29. The molecule has 4 nitrogen and oxygen atoms in total. The third-order valence-corrected chi connectivity index (χ3v) is 2.23. The Morgan fingerprint density at radius 2 is 1.43 bits per heavy atom. The highest BCUT2D eigenvalue weighted by Gasteiger charge is 2.20. The van der Waals surface area contributed by atoms with Gasteiger partial charge in [0.15, 0.2) is 6.29 Å². The SMILES string of the molecule is COC(OC)c1c(Cl)nc(Cl)nc1Cl. The Morgan fingerprint density at radius 3 is 1.79 bits per heavy atom. The summed E-state index contributed by atoms with van der Waals surface area (Å²) >= 11 is 17.2. The van der Waals surface area contributed by atoms with Gasteiger partial charge in [0.1, 0.15) is 10.3 Å². The Bertz CT molecular complexity index is 308. The molecule has 0 amide bonds. The van der Waals surface area contributed by atoms with Crippen LogP contribution in [-0.2, 0) is 9.47 Å². The van der Waals surface area contributed by atoms with E-state index >= 15 is 0 Å². The summed E-state index contributed by atoms with van der Waals surface area (Å²) in [6, 6.07) is 0. The molecule has 1 heterocycles. The second-order valence-corrected chi connectivity index (χ2v) is 3.35. The lowest BCUT2D eigenvalue weighted by Gasteiger charge is -2.15. The topological polar surface area (TPSA) is 44.2 Å². The van der Waals surface area contributed by atoms with Crippen molar-refractivity contribution in [2.45, 2.75) is 6.29 Å². The highest BCUT2D eigenvalue weighted by Crippen LogP contribution is 2.30. The number of methoxy groups -OCH3 is 2. The zero-order chi connectivity index (χ0) is 10.7. The van der Waals surface area contributed by atoms with Crippen molar-refractivity contribution in [1.29, 1.82) is 0 Å². The summed E-state index contributed by atoms with van der Waals surface area (Å²) in [6.07, 6.45) is -0.702. The molecule has 1 aromatic rings. The van der Waals surface area contributed by atoms with Gasteiger partial charge in [-0.2, -0.15) is 0 Å². The number of rotatable bonds is 3. The minimum absolute atomic E-state index is 0.0188. The van der Waals surface area contributed by atoms with Crippen molar-refractivity contribution >= 4 is 34.8 Å². The van der Waals surface area contributed by atoms with Crippen molar-refractivity contribution in [2.75, 3.05) is 14.2 Å². The number of ether oxygens (including phenoxy) is 2. The molecule has 0 fully saturated rings. The molecule has 0 aromatic carbocycles. The lowest BCUT2D eigenvalue weighted by molar-refractivity contribution is -0.106. The van der Waals surface area contributed by atoms with Crippen LogP contribution in [0.25, 0.3) is 0 Å². The summed E-state index contributed by atoms with van der Waals surface area (Å²) in [5.74, 6) is 0. The first-order valence-corrected chi connectivity index (χ1v) is 4.67. The largest absolute Gasteiger partial charge is 0.351 e. The summed E-state index contributed by atoms with van der Waals surface area (Å²) in [4.78, 5) is 7.45. The van der Waals surface area contributed by atoms with Crippen LogP contribution in [0.5, 0.6) is 0 Å². The Balaban J connectivity index is 3.19. The number of hydrogen-bond acceptors (Lipinski definition) is 4. The van der Waals surface area contributed by atoms with E-state index in [1.165, 1.54) is 14.2 Å². The van der Waals surface area contributed by atoms with E-state index in [-0.39, 0.29) is 15.6 Å².